The van der Waals surface area contributed by atoms with E-state index in [-0.39, 0.29) is 11.3 Å². The van der Waals surface area contributed by atoms with E-state index in [4.69, 9.17) is 9.47 Å². The van der Waals surface area contributed by atoms with Gasteiger partial charge in [-0.1, -0.05) is 12.1 Å². The van der Waals surface area contributed by atoms with E-state index in [0.29, 0.717) is 11.3 Å². The molecule has 3 aromatic rings. The summed E-state index contributed by atoms with van der Waals surface area (Å²) in [6.07, 6.45) is 1.64. The molecule has 32 heavy (non-hydrogen) atoms. The van der Waals surface area contributed by atoms with Crippen LogP contribution in [0.15, 0.2) is 77.8 Å². The number of esters is 1. The SMILES string of the molecule is O=C(Oc1ccccc1C=Nc1ccc(N2CCOCC2)cc1)c1ccc([N+](=O)[O-])cc1. The molecule has 0 unspecified atom stereocenters. The summed E-state index contributed by atoms with van der Waals surface area (Å²) in [6.45, 7) is 3.21. The molecule has 8 heteroatoms. The number of rotatable bonds is 6. The maximum Gasteiger partial charge on any atom is 0.343 e. The number of nitro groups is 1. The quantitative estimate of drug-likeness (QED) is 0.189. The molecule has 162 valence electrons. The maximum absolute atomic E-state index is 12.5. The van der Waals surface area contributed by atoms with Crippen LogP contribution in [-0.2, 0) is 4.74 Å². The molecule has 0 aliphatic carbocycles. The van der Waals surface area contributed by atoms with Gasteiger partial charge in [0.25, 0.3) is 5.69 Å². The topological polar surface area (TPSA) is 94.3 Å². The number of benzene rings is 3. The van der Waals surface area contributed by atoms with Crippen molar-refractivity contribution in [1.29, 1.82) is 0 Å². The van der Waals surface area contributed by atoms with Crippen molar-refractivity contribution in [1.82, 2.24) is 0 Å². The molecule has 3 aromatic carbocycles. The number of para-hydroxylation sites is 1. The van der Waals surface area contributed by atoms with Crippen molar-refractivity contribution in [2.45, 2.75) is 0 Å². The summed E-state index contributed by atoms with van der Waals surface area (Å²) in [5.41, 5.74) is 2.68. The van der Waals surface area contributed by atoms with E-state index in [1.165, 1.54) is 24.3 Å². The molecule has 1 aliphatic heterocycles. The number of nitro benzene ring substituents is 1. The number of aliphatic imine (C=N–C) groups is 1. The van der Waals surface area contributed by atoms with Crippen molar-refractivity contribution < 1.29 is 19.2 Å². The Balaban J connectivity index is 1.45. The second-order valence-electron chi connectivity index (χ2n) is 7.11. The van der Waals surface area contributed by atoms with Crippen LogP contribution < -0.4 is 9.64 Å². The van der Waals surface area contributed by atoms with Gasteiger partial charge in [-0.15, -0.1) is 0 Å². The van der Waals surface area contributed by atoms with Crippen LogP contribution in [-0.4, -0.2) is 43.4 Å². The first kappa shape index (κ1) is 21.2. The molecule has 0 atom stereocenters. The lowest BCUT2D eigenvalue weighted by Crippen LogP contribution is -2.36. The fourth-order valence-electron chi connectivity index (χ4n) is 3.27. The van der Waals surface area contributed by atoms with Gasteiger partial charge in [-0.25, -0.2) is 4.79 Å². The van der Waals surface area contributed by atoms with E-state index in [1.807, 2.05) is 30.3 Å². The molecule has 0 radical (unpaired) electrons. The van der Waals surface area contributed by atoms with Gasteiger partial charge in [0, 0.05) is 42.7 Å². The molecule has 1 aliphatic rings. The van der Waals surface area contributed by atoms with Crippen molar-refractivity contribution in [2.75, 3.05) is 31.2 Å². The Kier molecular flexibility index (Phi) is 6.52. The zero-order valence-electron chi connectivity index (χ0n) is 17.2. The molecule has 0 N–H and O–H groups in total. The van der Waals surface area contributed by atoms with Gasteiger partial charge in [0.05, 0.1) is 29.4 Å². The Hall–Kier alpha value is -4.04. The number of non-ortho nitro benzene ring substituents is 1. The van der Waals surface area contributed by atoms with Gasteiger partial charge in [0.1, 0.15) is 5.75 Å². The summed E-state index contributed by atoms with van der Waals surface area (Å²) in [4.78, 5) is 29.5. The number of nitrogens with zero attached hydrogens (tertiary/aromatic N) is 3. The third-order valence-corrected chi connectivity index (χ3v) is 5.01. The minimum Gasteiger partial charge on any atom is -0.422 e. The summed E-state index contributed by atoms with van der Waals surface area (Å²) in [7, 11) is 0. The Morgan fingerprint density at radius 2 is 1.69 bits per heavy atom. The van der Waals surface area contributed by atoms with E-state index in [0.717, 1.165) is 37.7 Å². The van der Waals surface area contributed by atoms with Crippen LogP contribution in [0.1, 0.15) is 15.9 Å². The van der Waals surface area contributed by atoms with Crippen molar-refractivity contribution in [3.8, 4) is 5.75 Å². The number of hydrogen-bond acceptors (Lipinski definition) is 7. The Morgan fingerprint density at radius 1 is 1.00 bits per heavy atom. The highest BCUT2D eigenvalue weighted by Gasteiger charge is 2.13. The van der Waals surface area contributed by atoms with Crippen LogP contribution in [0.3, 0.4) is 0 Å². The van der Waals surface area contributed by atoms with Gasteiger partial charge < -0.3 is 14.4 Å². The lowest BCUT2D eigenvalue weighted by molar-refractivity contribution is -0.384. The van der Waals surface area contributed by atoms with Crippen molar-refractivity contribution >= 4 is 29.2 Å². The van der Waals surface area contributed by atoms with Crippen LogP contribution in [0.25, 0.3) is 0 Å². The van der Waals surface area contributed by atoms with Crippen LogP contribution in [0.5, 0.6) is 5.75 Å². The molecule has 1 saturated heterocycles. The van der Waals surface area contributed by atoms with Crippen LogP contribution in [0, 0.1) is 10.1 Å². The average molecular weight is 431 g/mol. The van der Waals surface area contributed by atoms with Gasteiger partial charge in [-0.3, -0.25) is 15.1 Å². The summed E-state index contributed by atoms with van der Waals surface area (Å²) in [5, 5.41) is 10.8. The fourth-order valence-corrected chi connectivity index (χ4v) is 3.27. The van der Waals surface area contributed by atoms with Gasteiger partial charge in [-0.2, -0.15) is 0 Å². The fraction of sp³-hybridized carbons (Fsp3) is 0.167. The van der Waals surface area contributed by atoms with E-state index < -0.39 is 10.9 Å². The first-order valence-corrected chi connectivity index (χ1v) is 10.1. The highest BCUT2D eigenvalue weighted by molar-refractivity contribution is 5.93. The predicted molar refractivity (Wildman–Crippen MR) is 121 cm³/mol. The monoisotopic (exact) mass is 431 g/mol. The van der Waals surface area contributed by atoms with Crippen molar-refractivity contribution in [2.24, 2.45) is 4.99 Å². The third-order valence-electron chi connectivity index (χ3n) is 5.01. The Bertz CT molecular complexity index is 1120. The van der Waals surface area contributed by atoms with E-state index in [2.05, 4.69) is 9.89 Å². The Labute approximate surface area is 184 Å². The molecule has 1 fully saturated rings. The zero-order chi connectivity index (χ0) is 22.3. The molecule has 4 rings (SSSR count). The minimum absolute atomic E-state index is 0.0891. The van der Waals surface area contributed by atoms with Gasteiger partial charge in [0.15, 0.2) is 0 Å². The number of carbonyl (C=O) groups excluding carboxylic acids is 1. The minimum atomic E-state index is -0.601. The van der Waals surface area contributed by atoms with E-state index >= 15 is 0 Å². The van der Waals surface area contributed by atoms with Gasteiger partial charge in [0.2, 0.25) is 0 Å². The number of anilines is 1. The molecule has 0 aromatic heterocycles. The third kappa shape index (κ3) is 5.16. The molecule has 0 saturated carbocycles. The largest absolute Gasteiger partial charge is 0.422 e. The molecule has 8 nitrogen and oxygen atoms in total. The van der Waals surface area contributed by atoms with Gasteiger partial charge in [-0.05, 0) is 48.5 Å². The standard InChI is InChI=1S/C24H21N3O5/c28-24(18-5-9-22(10-6-18)27(29)30)32-23-4-2-1-3-19(23)17-25-20-7-11-21(12-8-20)26-13-15-31-16-14-26/h1-12,17H,13-16H2. The van der Waals surface area contributed by atoms with Crippen molar-refractivity contribution in [3.05, 3.63) is 94.0 Å². The normalized spacial score (nSPS) is 13.8. The van der Waals surface area contributed by atoms with Crippen LogP contribution in [0.4, 0.5) is 17.1 Å². The predicted octanol–water partition coefficient (Wildman–Crippen LogP) is 4.40. The summed E-state index contributed by atoms with van der Waals surface area (Å²) in [6, 6.07) is 20.3. The first-order chi connectivity index (χ1) is 15.6. The lowest BCUT2D eigenvalue weighted by Gasteiger charge is -2.28. The van der Waals surface area contributed by atoms with Crippen LogP contribution >= 0.6 is 0 Å². The number of hydrogen-bond donors (Lipinski definition) is 0. The molecule has 0 amide bonds. The second kappa shape index (κ2) is 9.84. The molecule has 1 heterocycles. The molecule has 0 spiro atoms. The highest BCUT2D eigenvalue weighted by atomic mass is 16.6. The number of ether oxygens (including phenoxy) is 2. The van der Waals surface area contributed by atoms with E-state index in [9.17, 15) is 14.9 Å². The maximum atomic E-state index is 12.5. The summed E-state index contributed by atoms with van der Waals surface area (Å²) < 4.78 is 10.9. The Morgan fingerprint density at radius 3 is 2.38 bits per heavy atom. The molecular weight excluding hydrogens is 410 g/mol. The first-order valence-electron chi connectivity index (χ1n) is 10.1. The van der Waals surface area contributed by atoms with Crippen molar-refractivity contribution in [3.63, 3.8) is 0 Å². The number of morpholine rings is 1. The number of carbonyl (C=O) groups is 1. The summed E-state index contributed by atoms with van der Waals surface area (Å²) >= 11 is 0. The van der Waals surface area contributed by atoms with Gasteiger partial charge >= 0.3 is 5.97 Å². The average Bonchev–Trinajstić information content (AvgIpc) is 2.84. The lowest BCUT2D eigenvalue weighted by atomic mass is 10.2. The second-order valence-corrected chi connectivity index (χ2v) is 7.11. The molecule has 0 bridgehead atoms. The smallest absolute Gasteiger partial charge is 0.343 e. The highest BCUT2D eigenvalue weighted by Crippen LogP contribution is 2.23. The van der Waals surface area contributed by atoms with E-state index in [1.54, 1.807) is 24.4 Å². The zero-order valence-corrected chi connectivity index (χ0v) is 17.2. The molecular formula is C24H21N3O5. The summed E-state index contributed by atoms with van der Waals surface area (Å²) in [5.74, 6) is -0.250. The van der Waals surface area contributed by atoms with Crippen LogP contribution in [0.2, 0.25) is 0 Å².